The zero-order valence-electron chi connectivity index (χ0n) is 12.4. The third kappa shape index (κ3) is 2.62. The Kier molecular flexibility index (Phi) is 4.09. The lowest BCUT2D eigenvalue weighted by Crippen LogP contribution is -2.36. The molecule has 1 amide bonds. The monoisotopic (exact) mass is 307 g/mol. The van der Waals surface area contributed by atoms with E-state index in [1.807, 2.05) is 12.1 Å². The van der Waals surface area contributed by atoms with Crippen LogP contribution in [0.4, 0.5) is 11.4 Å². The summed E-state index contributed by atoms with van der Waals surface area (Å²) in [7, 11) is 0. The van der Waals surface area contributed by atoms with Crippen LogP contribution < -0.4 is 16.0 Å². The number of hydrogen-bond acceptors (Lipinski definition) is 3. The molecule has 1 atom stereocenters. The maximum absolute atomic E-state index is 11.7. The van der Waals surface area contributed by atoms with E-state index in [0.29, 0.717) is 11.1 Å². The minimum Gasteiger partial charge on any atom is -0.368 e. The van der Waals surface area contributed by atoms with E-state index in [4.69, 9.17) is 17.3 Å². The molecule has 1 aliphatic carbocycles. The van der Waals surface area contributed by atoms with Gasteiger partial charge in [-0.25, -0.2) is 0 Å². The van der Waals surface area contributed by atoms with E-state index >= 15 is 0 Å². The second-order valence-corrected chi connectivity index (χ2v) is 6.34. The number of fused-ring (bicyclic) bond motifs is 1. The van der Waals surface area contributed by atoms with Gasteiger partial charge >= 0.3 is 0 Å². The van der Waals surface area contributed by atoms with Crippen molar-refractivity contribution in [2.24, 2.45) is 5.73 Å². The highest BCUT2D eigenvalue weighted by atomic mass is 35.5. The Morgan fingerprint density at radius 2 is 2.05 bits per heavy atom. The van der Waals surface area contributed by atoms with Crippen molar-refractivity contribution >= 4 is 28.9 Å². The Bertz CT molecular complexity index is 555. The maximum atomic E-state index is 11.7. The minimum absolute atomic E-state index is 0.154. The number of carbonyl (C=O) groups excluding carboxylic acids is 1. The van der Waals surface area contributed by atoms with Crippen molar-refractivity contribution in [3.63, 3.8) is 0 Å². The summed E-state index contributed by atoms with van der Waals surface area (Å²) in [6.45, 7) is 3.08. The first kappa shape index (κ1) is 14.7. The summed E-state index contributed by atoms with van der Waals surface area (Å²) in [4.78, 5) is 14.1. The number of halogens is 1. The number of nitrogens with zero attached hydrogens (tertiary/aromatic N) is 1. The Hall–Kier alpha value is -1.26. The molecule has 0 radical (unpaired) electrons. The lowest BCUT2D eigenvalue weighted by molar-refractivity contribution is -0.116. The highest BCUT2D eigenvalue weighted by Gasteiger charge is 2.30. The Labute approximate surface area is 130 Å². The van der Waals surface area contributed by atoms with Gasteiger partial charge in [0.15, 0.2) is 0 Å². The summed E-state index contributed by atoms with van der Waals surface area (Å²) in [6.07, 6.45) is 6.33. The van der Waals surface area contributed by atoms with Crippen LogP contribution in [0, 0.1) is 0 Å². The molecule has 1 fully saturated rings. The van der Waals surface area contributed by atoms with Gasteiger partial charge in [-0.2, -0.15) is 0 Å². The fourth-order valence-electron chi connectivity index (χ4n) is 3.53. The summed E-state index contributed by atoms with van der Waals surface area (Å²) >= 11 is 6.48. The molecule has 1 unspecified atom stereocenters. The van der Waals surface area contributed by atoms with E-state index in [2.05, 4.69) is 17.1 Å². The molecular weight excluding hydrogens is 286 g/mol. The van der Waals surface area contributed by atoms with Gasteiger partial charge in [0.05, 0.1) is 10.7 Å². The summed E-state index contributed by atoms with van der Waals surface area (Å²) in [5, 5.41) is 3.54. The first-order valence-electron chi connectivity index (χ1n) is 7.78. The van der Waals surface area contributed by atoms with E-state index < -0.39 is 6.04 Å². The van der Waals surface area contributed by atoms with Crippen molar-refractivity contribution in [3.8, 4) is 0 Å². The van der Waals surface area contributed by atoms with Crippen LogP contribution >= 0.6 is 11.6 Å². The van der Waals surface area contributed by atoms with Crippen LogP contribution in [0.5, 0.6) is 0 Å². The van der Waals surface area contributed by atoms with Crippen molar-refractivity contribution < 1.29 is 4.79 Å². The number of benzene rings is 1. The summed E-state index contributed by atoms with van der Waals surface area (Å²) in [5.41, 5.74) is 8.50. The average Bonchev–Trinajstić information content (AvgIpc) is 2.76. The van der Waals surface area contributed by atoms with Gasteiger partial charge < -0.3 is 16.0 Å². The summed E-state index contributed by atoms with van der Waals surface area (Å²) in [6, 6.07) is 3.78. The van der Waals surface area contributed by atoms with Crippen molar-refractivity contribution in [1.29, 1.82) is 0 Å². The normalized spacial score (nSPS) is 22.0. The molecule has 114 valence electrons. The van der Waals surface area contributed by atoms with Crippen LogP contribution in [-0.4, -0.2) is 18.5 Å². The van der Waals surface area contributed by atoms with Crippen LogP contribution in [0.3, 0.4) is 0 Å². The van der Waals surface area contributed by atoms with Gasteiger partial charge in [-0.15, -0.1) is 0 Å². The van der Waals surface area contributed by atoms with Gasteiger partial charge in [0.2, 0.25) is 5.91 Å². The molecule has 21 heavy (non-hydrogen) atoms. The van der Waals surface area contributed by atoms with Gasteiger partial charge in [0, 0.05) is 23.8 Å². The molecule has 1 aromatic rings. The zero-order chi connectivity index (χ0) is 15.0. The minimum atomic E-state index is -0.601. The molecule has 1 aliphatic heterocycles. The fraction of sp³-hybridized carbons (Fsp3) is 0.562. The van der Waals surface area contributed by atoms with E-state index in [0.717, 1.165) is 23.5 Å². The Morgan fingerprint density at radius 3 is 2.71 bits per heavy atom. The summed E-state index contributed by atoms with van der Waals surface area (Å²) in [5.74, 6) is -0.154. The van der Waals surface area contributed by atoms with Gasteiger partial charge in [-0.3, -0.25) is 4.79 Å². The highest BCUT2D eigenvalue weighted by molar-refractivity contribution is 6.33. The smallest absolute Gasteiger partial charge is 0.245 e. The second kappa shape index (κ2) is 5.85. The zero-order valence-corrected chi connectivity index (χ0v) is 13.1. The predicted molar refractivity (Wildman–Crippen MR) is 86.9 cm³/mol. The van der Waals surface area contributed by atoms with Crippen LogP contribution in [0.1, 0.15) is 50.6 Å². The Balaban J connectivity index is 1.94. The molecule has 0 saturated heterocycles. The number of rotatable bonds is 3. The Morgan fingerprint density at radius 1 is 1.33 bits per heavy atom. The average molecular weight is 308 g/mol. The quantitative estimate of drug-likeness (QED) is 0.899. The third-order valence-electron chi connectivity index (χ3n) is 4.66. The number of amides is 1. The molecule has 3 rings (SSSR count). The fourth-order valence-corrected chi connectivity index (χ4v) is 3.81. The molecule has 5 heteroatoms. The lowest BCUT2D eigenvalue weighted by atomic mass is 9.93. The predicted octanol–water partition coefficient (Wildman–Crippen LogP) is 3.45. The van der Waals surface area contributed by atoms with E-state index in [-0.39, 0.29) is 5.91 Å². The van der Waals surface area contributed by atoms with Crippen molar-refractivity contribution in [2.75, 3.05) is 16.8 Å². The number of nitrogens with two attached hydrogens (primary N) is 1. The molecule has 3 N–H and O–H groups in total. The van der Waals surface area contributed by atoms with Crippen LogP contribution in [0.2, 0.25) is 5.02 Å². The lowest BCUT2D eigenvalue weighted by Gasteiger charge is -2.36. The number of carbonyl (C=O) groups is 1. The largest absolute Gasteiger partial charge is 0.368 e. The molecular formula is C16H22ClN3O. The highest BCUT2D eigenvalue weighted by Crippen LogP contribution is 2.40. The SMILES string of the molecule is CCN(c1cc2c(cc1Cl)C(N)C(=O)N2)C1CCCCC1. The van der Waals surface area contributed by atoms with Gasteiger partial charge in [-0.05, 0) is 31.9 Å². The molecule has 1 heterocycles. The van der Waals surface area contributed by atoms with Crippen LogP contribution in [0.15, 0.2) is 12.1 Å². The van der Waals surface area contributed by atoms with E-state index in [1.165, 1.54) is 32.1 Å². The molecule has 2 aliphatic rings. The second-order valence-electron chi connectivity index (χ2n) is 5.94. The molecule has 4 nitrogen and oxygen atoms in total. The van der Waals surface area contributed by atoms with Crippen molar-refractivity contribution in [3.05, 3.63) is 22.7 Å². The standard InChI is InChI=1S/C16H22ClN3O/c1-2-20(10-6-4-3-5-7-10)14-9-13-11(8-12(14)17)15(18)16(21)19-13/h8-10,15H,2-7,18H2,1H3,(H,19,21). The molecule has 0 spiro atoms. The molecule has 0 bridgehead atoms. The summed E-state index contributed by atoms with van der Waals surface area (Å²) < 4.78 is 0. The van der Waals surface area contributed by atoms with Crippen LogP contribution in [0.25, 0.3) is 0 Å². The molecule has 0 aromatic heterocycles. The molecule has 1 aromatic carbocycles. The topological polar surface area (TPSA) is 58.4 Å². The first-order chi connectivity index (χ1) is 10.1. The van der Waals surface area contributed by atoms with E-state index in [1.54, 1.807) is 0 Å². The van der Waals surface area contributed by atoms with Gasteiger partial charge in [-0.1, -0.05) is 30.9 Å². The van der Waals surface area contributed by atoms with E-state index in [9.17, 15) is 4.79 Å². The number of anilines is 2. The first-order valence-corrected chi connectivity index (χ1v) is 8.16. The maximum Gasteiger partial charge on any atom is 0.245 e. The van der Waals surface area contributed by atoms with Crippen molar-refractivity contribution in [1.82, 2.24) is 0 Å². The van der Waals surface area contributed by atoms with Crippen LogP contribution in [-0.2, 0) is 4.79 Å². The molecule has 1 saturated carbocycles. The van der Waals surface area contributed by atoms with Gasteiger partial charge in [0.25, 0.3) is 0 Å². The number of nitrogens with one attached hydrogen (secondary N) is 1. The van der Waals surface area contributed by atoms with Gasteiger partial charge in [0.1, 0.15) is 6.04 Å². The van der Waals surface area contributed by atoms with Crippen molar-refractivity contribution in [2.45, 2.75) is 51.1 Å². The number of hydrogen-bond donors (Lipinski definition) is 2. The third-order valence-corrected chi connectivity index (χ3v) is 4.96.